The Morgan fingerprint density at radius 1 is 1.36 bits per heavy atom. The van der Waals surface area contributed by atoms with E-state index >= 15 is 0 Å². The summed E-state index contributed by atoms with van der Waals surface area (Å²) in [5, 5.41) is 7.34. The number of aryl methyl sites for hydroxylation is 1. The Balaban J connectivity index is 1.46. The van der Waals surface area contributed by atoms with E-state index in [2.05, 4.69) is 24.9 Å². The maximum atomic E-state index is 6.10. The molecule has 1 aliphatic rings. The van der Waals surface area contributed by atoms with Crippen LogP contribution < -0.4 is 10.6 Å². The minimum atomic E-state index is 0.627. The van der Waals surface area contributed by atoms with Crippen molar-refractivity contribution in [3.63, 3.8) is 0 Å². The molecule has 8 heteroatoms. The quantitative estimate of drug-likeness (QED) is 0.666. The zero-order valence-corrected chi connectivity index (χ0v) is 13.5. The van der Waals surface area contributed by atoms with Crippen LogP contribution in [0.15, 0.2) is 29.0 Å². The molecule has 0 amide bonds. The summed E-state index contributed by atoms with van der Waals surface area (Å²) in [5.74, 6) is 0.627. The molecule has 0 aromatic carbocycles. The molecule has 2 aromatic rings. The fourth-order valence-corrected chi connectivity index (χ4v) is 3.15. The molecule has 0 atom stereocenters. The van der Waals surface area contributed by atoms with Crippen molar-refractivity contribution < 1.29 is 0 Å². The van der Waals surface area contributed by atoms with Gasteiger partial charge in [-0.05, 0) is 12.5 Å². The van der Waals surface area contributed by atoms with Crippen LogP contribution in [0, 0.1) is 6.92 Å². The number of aromatic nitrogens is 3. The molecule has 0 saturated carbocycles. The van der Waals surface area contributed by atoms with E-state index in [0.29, 0.717) is 12.5 Å². The third-order valence-corrected chi connectivity index (χ3v) is 4.49. The topological polar surface area (TPSA) is 75.6 Å². The minimum Gasteiger partial charge on any atom is -0.370 e. The zero-order chi connectivity index (χ0) is 15.4. The Kier molecular flexibility index (Phi) is 4.57. The molecular weight excluding hydrogens is 298 g/mol. The van der Waals surface area contributed by atoms with Crippen molar-refractivity contribution in [2.24, 2.45) is 10.7 Å². The van der Waals surface area contributed by atoms with Crippen LogP contribution in [-0.4, -0.2) is 58.3 Å². The number of nitrogens with two attached hydrogens (primary N) is 1. The first-order chi connectivity index (χ1) is 10.7. The van der Waals surface area contributed by atoms with E-state index in [1.54, 1.807) is 11.3 Å². The summed E-state index contributed by atoms with van der Waals surface area (Å²) in [6, 6.07) is 0. The van der Waals surface area contributed by atoms with Crippen LogP contribution in [-0.2, 0) is 6.54 Å². The lowest BCUT2D eigenvalue weighted by molar-refractivity contribution is 0.380. The second kappa shape index (κ2) is 6.78. The largest absolute Gasteiger partial charge is 0.370 e. The lowest BCUT2D eigenvalue weighted by atomic mass is 10.3. The van der Waals surface area contributed by atoms with Gasteiger partial charge in [0, 0.05) is 44.0 Å². The van der Waals surface area contributed by atoms with E-state index in [1.807, 2.05) is 35.6 Å². The number of thiazole rings is 1. The standard InChI is InChI=1S/C14H21N7S/c1-12-10-18-21(11-12)4-2-16-13(15)19-5-7-20(8-6-19)14-17-3-9-22-14/h3,9-11H,2,4-8H2,1H3,(H2,15,16). The van der Waals surface area contributed by atoms with Crippen molar-refractivity contribution in [3.8, 4) is 0 Å². The van der Waals surface area contributed by atoms with E-state index in [4.69, 9.17) is 5.73 Å². The van der Waals surface area contributed by atoms with Crippen LogP contribution in [0.4, 0.5) is 5.13 Å². The molecule has 0 aliphatic carbocycles. The molecule has 1 saturated heterocycles. The first-order valence-corrected chi connectivity index (χ1v) is 8.29. The van der Waals surface area contributed by atoms with Crippen LogP contribution >= 0.6 is 11.3 Å². The maximum Gasteiger partial charge on any atom is 0.191 e. The molecule has 3 rings (SSSR count). The molecule has 3 heterocycles. The van der Waals surface area contributed by atoms with E-state index in [0.717, 1.165) is 43.4 Å². The van der Waals surface area contributed by atoms with Crippen molar-refractivity contribution in [1.82, 2.24) is 19.7 Å². The molecule has 2 aromatic heterocycles. The summed E-state index contributed by atoms with van der Waals surface area (Å²) in [6.07, 6.45) is 5.71. The lowest BCUT2D eigenvalue weighted by Gasteiger charge is -2.35. The van der Waals surface area contributed by atoms with Gasteiger partial charge in [-0.1, -0.05) is 0 Å². The lowest BCUT2D eigenvalue weighted by Crippen LogP contribution is -2.51. The average molecular weight is 319 g/mol. The van der Waals surface area contributed by atoms with Gasteiger partial charge in [-0.2, -0.15) is 5.10 Å². The van der Waals surface area contributed by atoms with Crippen LogP contribution in [0.2, 0.25) is 0 Å². The van der Waals surface area contributed by atoms with Gasteiger partial charge in [0.1, 0.15) is 0 Å². The number of guanidine groups is 1. The highest BCUT2D eigenvalue weighted by molar-refractivity contribution is 7.13. The van der Waals surface area contributed by atoms with E-state index in [9.17, 15) is 0 Å². The fourth-order valence-electron chi connectivity index (χ4n) is 2.46. The van der Waals surface area contributed by atoms with Gasteiger partial charge in [0.15, 0.2) is 11.1 Å². The number of hydrogen-bond donors (Lipinski definition) is 1. The molecule has 0 unspecified atom stereocenters. The molecule has 1 aliphatic heterocycles. The van der Waals surface area contributed by atoms with Crippen molar-refractivity contribution in [3.05, 3.63) is 29.5 Å². The first kappa shape index (κ1) is 14.8. The molecular formula is C14H21N7S. The Morgan fingerprint density at radius 2 is 2.18 bits per heavy atom. The van der Waals surface area contributed by atoms with Gasteiger partial charge in [0.2, 0.25) is 0 Å². The van der Waals surface area contributed by atoms with Crippen molar-refractivity contribution in [2.75, 3.05) is 37.6 Å². The highest BCUT2D eigenvalue weighted by Crippen LogP contribution is 2.18. The molecule has 0 bridgehead atoms. The summed E-state index contributed by atoms with van der Waals surface area (Å²) >= 11 is 1.68. The maximum absolute atomic E-state index is 6.10. The van der Waals surface area contributed by atoms with Gasteiger partial charge in [0.05, 0.1) is 19.3 Å². The predicted molar refractivity (Wildman–Crippen MR) is 89.4 cm³/mol. The highest BCUT2D eigenvalue weighted by Gasteiger charge is 2.19. The first-order valence-electron chi connectivity index (χ1n) is 7.41. The fraction of sp³-hybridized carbons (Fsp3) is 0.500. The van der Waals surface area contributed by atoms with Crippen LogP contribution in [0.25, 0.3) is 0 Å². The monoisotopic (exact) mass is 319 g/mol. The smallest absolute Gasteiger partial charge is 0.191 e. The molecule has 0 radical (unpaired) electrons. The summed E-state index contributed by atoms with van der Waals surface area (Å²) in [4.78, 5) is 13.2. The van der Waals surface area contributed by atoms with Gasteiger partial charge in [-0.15, -0.1) is 11.3 Å². The average Bonchev–Trinajstić information content (AvgIpc) is 3.19. The number of hydrogen-bond acceptors (Lipinski definition) is 5. The van der Waals surface area contributed by atoms with Gasteiger partial charge < -0.3 is 15.5 Å². The second-order valence-electron chi connectivity index (χ2n) is 5.31. The van der Waals surface area contributed by atoms with Crippen molar-refractivity contribution >= 4 is 22.4 Å². The highest BCUT2D eigenvalue weighted by atomic mass is 32.1. The molecule has 118 valence electrons. The second-order valence-corrected chi connectivity index (χ2v) is 6.18. The third-order valence-electron chi connectivity index (χ3n) is 3.66. The minimum absolute atomic E-state index is 0.627. The summed E-state index contributed by atoms with van der Waals surface area (Å²) in [7, 11) is 0. The van der Waals surface area contributed by atoms with Gasteiger partial charge in [-0.25, -0.2) is 4.98 Å². The number of anilines is 1. The van der Waals surface area contributed by atoms with E-state index < -0.39 is 0 Å². The normalized spacial score (nSPS) is 16.3. The number of piperazine rings is 1. The molecule has 22 heavy (non-hydrogen) atoms. The molecule has 1 fully saturated rings. The summed E-state index contributed by atoms with van der Waals surface area (Å²) < 4.78 is 1.90. The third kappa shape index (κ3) is 3.56. The Bertz CT molecular complexity index is 611. The Morgan fingerprint density at radius 3 is 2.82 bits per heavy atom. The van der Waals surface area contributed by atoms with Crippen molar-refractivity contribution in [1.29, 1.82) is 0 Å². The van der Waals surface area contributed by atoms with Crippen LogP contribution in [0.1, 0.15) is 5.56 Å². The van der Waals surface area contributed by atoms with Crippen LogP contribution in [0.5, 0.6) is 0 Å². The van der Waals surface area contributed by atoms with Gasteiger partial charge in [-0.3, -0.25) is 9.67 Å². The summed E-state index contributed by atoms with van der Waals surface area (Å²) in [5.41, 5.74) is 7.26. The number of aliphatic imine (C=N–C) groups is 1. The Hall–Kier alpha value is -2.09. The molecule has 7 nitrogen and oxygen atoms in total. The van der Waals surface area contributed by atoms with Crippen molar-refractivity contribution in [2.45, 2.75) is 13.5 Å². The van der Waals surface area contributed by atoms with Gasteiger partial charge >= 0.3 is 0 Å². The van der Waals surface area contributed by atoms with Gasteiger partial charge in [0.25, 0.3) is 0 Å². The van der Waals surface area contributed by atoms with E-state index in [-0.39, 0.29) is 0 Å². The SMILES string of the molecule is Cc1cnn(CCN=C(N)N2CCN(c3nccs3)CC2)c1. The van der Waals surface area contributed by atoms with E-state index in [1.165, 1.54) is 0 Å². The van der Waals surface area contributed by atoms with Crippen LogP contribution in [0.3, 0.4) is 0 Å². The zero-order valence-electron chi connectivity index (χ0n) is 12.7. The summed E-state index contributed by atoms with van der Waals surface area (Å²) in [6.45, 7) is 7.08. The number of nitrogens with zero attached hydrogens (tertiary/aromatic N) is 6. The predicted octanol–water partition coefficient (Wildman–Crippen LogP) is 0.785. The Labute approximate surface area is 134 Å². The molecule has 0 spiro atoms. The molecule has 2 N–H and O–H groups in total. The number of rotatable bonds is 4.